The third kappa shape index (κ3) is 4.59. The summed E-state index contributed by atoms with van der Waals surface area (Å²) in [5, 5.41) is 6.97. The zero-order valence-corrected chi connectivity index (χ0v) is 18.6. The lowest BCUT2D eigenvalue weighted by molar-refractivity contribution is 0.0601. The molecule has 0 bridgehead atoms. The fraction of sp³-hybridized carbons (Fsp3) is 0.200. The van der Waals surface area contributed by atoms with Crippen LogP contribution in [0.4, 0.5) is 10.1 Å². The lowest BCUT2D eigenvalue weighted by Crippen LogP contribution is -2.22. The molecule has 0 saturated heterocycles. The Balaban J connectivity index is 1.58. The maximum absolute atomic E-state index is 13.1. The predicted molar refractivity (Wildman–Crippen MR) is 123 cm³/mol. The summed E-state index contributed by atoms with van der Waals surface area (Å²) in [4.78, 5) is 37.4. The SMILES string of the molecule is COC(=O)c1ccccc1NC(=O)c1oc2c(c1C)/C(=N/NC(=O)c1ccc(F)cc1)CCC2. The minimum Gasteiger partial charge on any atom is -0.465 e. The Labute approximate surface area is 194 Å². The standard InChI is InChI=1S/C25H22FN3O5/c1-14-21-19(28-29-23(30)15-10-12-16(26)13-11-15)8-5-9-20(21)34-22(14)24(31)27-18-7-4-3-6-17(18)25(32)33-2/h3-4,6-7,10-13H,5,8-9H2,1-2H3,(H,27,31)(H,29,30)/b28-19+. The molecule has 2 amide bonds. The van der Waals surface area contributed by atoms with Crippen LogP contribution < -0.4 is 10.7 Å². The van der Waals surface area contributed by atoms with Crippen LogP contribution in [0.25, 0.3) is 0 Å². The molecule has 2 N–H and O–H groups in total. The van der Waals surface area contributed by atoms with Crippen LogP contribution in [0, 0.1) is 12.7 Å². The molecule has 2 aromatic carbocycles. The molecular weight excluding hydrogens is 441 g/mol. The number of aryl methyl sites for hydroxylation is 1. The fourth-order valence-electron chi connectivity index (χ4n) is 3.84. The van der Waals surface area contributed by atoms with Crippen LogP contribution in [-0.4, -0.2) is 30.6 Å². The van der Waals surface area contributed by atoms with Gasteiger partial charge in [0.05, 0.1) is 24.1 Å². The van der Waals surface area contributed by atoms with Crippen molar-refractivity contribution >= 4 is 29.2 Å². The normalized spacial score (nSPS) is 13.8. The van der Waals surface area contributed by atoms with Crippen molar-refractivity contribution in [2.75, 3.05) is 12.4 Å². The number of hydrogen-bond donors (Lipinski definition) is 2. The molecule has 1 aliphatic rings. The number of benzene rings is 2. The highest BCUT2D eigenvalue weighted by Gasteiger charge is 2.28. The number of halogens is 1. The quantitative estimate of drug-likeness (QED) is 0.435. The number of anilines is 1. The van der Waals surface area contributed by atoms with E-state index < -0.39 is 23.6 Å². The summed E-state index contributed by atoms with van der Waals surface area (Å²) in [6.07, 6.45) is 1.94. The van der Waals surface area contributed by atoms with Gasteiger partial charge in [0.25, 0.3) is 11.8 Å². The van der Waals surface area contributed by atoms with Crippen molar-refractivity contribution in [3.8, 4) is 0 Å². The van der Waals surface area contributed by atoms with Gasteiger partial charge >= 0.3 is 5.97 Å². The largest absolute Gasteiger partial charge is 0.465 e. The molecule has 0 aliphatic heterocycles. The highest BCUT2D eigenvalue weighted by molar-refractivity contribution is 6.11. The molecule has 0 radical (unpaired) electrons. The van der Waals surface area contributed by atoms with Crippen LogP contribution in [0.3, 0.4) is 0 Å². The van der Waals surface area contributed by atoms with Gasteiger partial charge in [0.15, 0.2) is 5.76 Å². The molecule has 174 valence electrons. The molecule has 8 nitrogen and oxygen atoms in total. The van der Waals surface area contributed by atoms with Gasteiger partial charge in [-0.3, -0.25) is 9.59 Å². The number of para-hydroxylation sites is 1. The van der Waals surface area contributed by atoms with E-state index in [0.29, 0.717) is 41.1 Å². The topological polar surface area (TPSA) is 110 Å². The summed E-state index contributed by atoms with van der Waals surface area (Å²) in [6, 6.07) is 11.6. The van der Waals surface area contributed by atoms with Gasteiger partial charge in [-0.2, -0.15) is 5.10 Å². The first-order valence-electron chi connectivity index (χ1n) is 10.6. The Kier molecular flexibility index (Phi) is 6.53. The highest BCUT2D eigenvalue weighted by atomic mass is 19.1. The van der Waals surface area contributed by atoms with Crippen LogP contribution in [-0.2, 0) is 11.2 Å². The van der Waals surface area contributed by atoms with E-state index in [1.807, 2.05) is 0 Å². The number of ether oxygens (including phenoxy) is 1. The maximum Gasteiger partial charge on any atom is 0.339 e. The Bertz CT molecular complexity index is 1290. The van der Waals surface area contributed by atoms with Crippen LogP contribution in [0.15, 0.2) is 58.0 Å². The average molecular weight is 463 g/mol. The van der Waals surface area contributed by atoms with Crippen molar-refractivity contribution < 1.29 is 27.9 Å². The Hall–Kier alpha value is -4.27. The number of nitrogens with zero attached hydrogens (tertiary/aromatic N) is 1. The number of carbonyl (C=O) groups excluding carboxylic acids is 3. The minimum atomic E-state index is -0.572. The number of methoxy groups -OCH3 is 1. The number of fused-ring (bicyclic) bond motifs is 1. The molecule has 34 heavy (non-hydrogen) atoms. The van der Waals surface area contributed by atoms with E-state index in [0.717, 1.165) is 6.42 Å². The van der Waals surface area contributed by atoms with Crippen molar-refractivity contribution in [2.24, 2.45) is 5.10 Å². The molecule has 1 aliphatic carbocycles. The molecule has 0 saturated carbocycles. The number of hydrogen-bond acceptors (Lipinski definition) is 6. The predicted octanol–water partition coefficient (Wildman–Crippen LogP) is 4.24. The van der Waals surface area contributed by atoms with E-state index >= 15 is 0 Å². The molecule has 3 aromatic rings. The molecule has 4 rings (SSSR count). The van der Waals surface area contributed by atoms with Gasteiger partial charge in [-0.05, 0) is 56.2 Å². The minimum absolute atomic E-state index is 0.101. The van der Waals surface area contributed by atoms with Gasteiger partial charge in [-0.1, -0.05) is 12.1 Å². The van der Waals surface area contributed by atoms with Crippen LogP contribution in [0.5, 0.6) is 0 Å². The molecule has 0 fully saturated rings. The van der Waals surface area contributed by atoms with Gasteiger partial charge in [0, 0.05) is 23.1 Å². The van der Waals surface area contributed by atoms with Crippen molar-refractivity contribution in [3.63, 3.8) is 0 Å². The van der Waals surface area contributed by atoms with Crippen LogP contribution >= 0.6 is 0 Å². The average Bonchev–Trinajstić information content (AvgIpc) is 3.20. The van der Waals surface area contributed by atoms with E-state index in [-0.39, 0.29) is 16.9 Å². The number of carbonyl (C=O) groups is 3. The van der Waals surface area contributed by atoms with Crippen LogP contribution in [0.2, 0.25) is 0 Å². The number of hydrazone groups is 1. The maximum atomic E-state index is 13.1. The van der Waals surface area contributed by atoms with Gasteiger partial charge in [-0.15, -0.1) is 0 Å². The number of furan rings is 1. The van der Waals surface area contributed by atoms with Crippen molar-refractivity contribution in [2.45, 2.75) is 26.2 Å². The molecule has 0 atom stereocenters. The van der Waals surface area contributed by atoms with E-state index in [1.165, 1.54) is 31.4 Å². The second-order valence-corrected chi connectivity index (χ2v) is 7.71. The summed E-state index contributed by atoms with van der Waals surface area (Å²) in [6.45, 7) is 1.74. The van der Waals surface area contributed by atoms with E-state index in [4.69, 9.17) is 9.15 Å². The third-order valence-electron chi connectivity index (χ3n) is 5.51. The molecule has 0 unspecified atom stereocenters. The molecular formula is C25H22FN3O5. The highest BCUT2D eigenvalue weighted by Crippen LogP contribution is 2.30. The molecule has 1 heterocycles. The monoisotopic (exact) mass is 463 g/mol. The fourth-order valence-corrected chi connectivity index (χ4v) is 3.84. The lowest BCUT2D eigenvalue weighted by atomic mass is 9.93. The van der Waals surface area contributed by atoms with E-state index in [9.17, 15) is 18.8 Å². The second-order valence-electron chi connectivity index (χ2n) is 7.71. The number of nitrogens with one attached hydrogen (secondary N) is 2. The smallest absolute Gasteiger partial charge is 0.339 e. The van der Waals surface area contributed by atoms with E-state index in [1.54, 1.807) is 31.2 Å². The molecule has 1 aromatic heterocycles. The zero-order chi connectivity index (χ0) is 24.2. The Morgan fingerprint density at radius 1 is 1.03 bits per heavy atom. The van der Waals surface area contributed by atoms with Crippen LogP contribution in [0.1, 0.15) is 61.0 Å². The number of amides is 2. The van der Waals surface area contributed by atoms with Crippen molar-refractivity contribution in [1.82, 2.24) is 5.43 Å². The van der Waals surface area contributed by atoms with Gasteiger partial charge in [-0.25, -0.2) is 14.6 Å². The number of rotatable bonds is 5. The second kappa shape index (κ2) is 9.70. The Morgan fingerprint density at radius 2 is 1.76 bits per heavy atom. The summed E-state index contributed by atoms with van der Waals surface area (Å²) >= 11 is 0. The first kappa shape index (κ1) is 22.9. The molecule has 0 spiro atoms. The third-order valence-corrected chi connectivity index (χ3v) is 5.51. The van der Waals surface area contributed by atoms with Crippen molar-refractivity contribution in [1.29, 1.82) is 0 Å². The molecule has 9 heteroatoms. The summed E-state index contributed by atoms with van der Waals surface area (Å²) in [5.74, 6) is -1.29. The lowest BCUT2D eigenvalue weighted by Gasteiger charge is -2.13. The van der Waals surface area contributed by atoms with Gasteiger partial charge in [0.1, 0.15) is 11.6 Å². The first-order valence-corrected chi connectivity index (χ1v) is 10.6. The summed E-state index contributed by atoms with van der Waals surface area (Å²) in [5.41, 5.74) is 5.14. The first-order chi connectivity index (χ1) is 16.4. The number of esters is 1. The summed E-state index contributed by atoms with van der Waals surface area (Å²) in [7, 11) is 1.27. The Morgan fingerprint density at radius 3 is 2.50 bits per heavy atom. The van der Waals surface area contributed by atoms with Crippen molar-refractivity contribution in [3.05, 3.63) is 88.1 Å². The van der Waals surface area contributed by atoms with Gasteiger partial charge < -0.3 is 14.5 Å². The zero-order valence-electron chi connectivity index (χ0n) is 18.6. The van der Waals surface area contributed by atoms with E-state index in [2.05, 4.69) is 15.8 Å². The summed E-state index contributed by atoms with van der Waals surface area (Å²) < 4.78 is 23.7. The van der Waals surface area contributed by atoms with Gasteiger partial charge in [0.2, 0.25) is 0 Å².